The van der Waals surface area contributed by atoms with E-state index in [2.05, 4.69) is 4.98 Å². The second kappa shape index (κ2) is 5.94. The summed E-state index contributed by atoms with van der Waals surface area (Å²) in [6.07, 6.45) is 2.51. The first-order chi connectivity index (χ1) is 9.79. The second-order valence-corrected chi connectivity index (χ2v) is 6.63. The Hall–Kier alpha value is -1.74. The molecule has 0 fully saturated rings. The first-order valence-corrected chi connectivity index (χ1v) is 7.85. The van der Waals surface area contributed by atoms with Crippen molar-refractivity contribution in [2.75, 3.05) is 4.72 Å². The largest absolute Gasteiger partial charge is 0.516 e. The van der Waals surface area contributed by atoms with E-state index in [-0.39, 0.29) is 10.6 Å². The molecule has 1 N–H and O–H groups in total. The van der Waals surface area contributed by atoms with Crippen LogP contribution in [0.2, 0.25) is 0 Å². The van der Waals surface area contributed by atoms with Gasteiger partial charge in [0.15, 0.2) is 0 Å². The molecule has 0 radical (unpaired) electrons. The molecule has 0 aliphatic heterocycles. The predicted molar refractivity (Wildman–Crippen MR) is 73.4 cm³/mol. The fourth-order valence-corrected chi connectivity index (χ4v) is 2.90. The summed E-state index contributed by atoms with van der Waals surface area (Å²) >= 11 is 1.11. The van der Waals surface area contributed by atoms with Crippen molar-refractivity contribution in [2.45, 2.75) is 15.3 Å². The van der Waals surface area contributed by atoms with E-state index >= 15 is 0 Å². The third-order valence-corrected chi connectivity index (χ3v) is 4.46. The van der Waals surface area contributed by atoms with Gasteiger partial charge in [-0.1, -0.05) is 30.0 Å². The molecule has 21 heavy (non-hydrogen) atoms. The quantitative estimate of drug-likeness (QED) is 0.930. The molecule has 9 heteroatoms. The molecule has 0 aliphatic carbocycles. The molecular weight excluding hydrogens is 325 g/mol. The molecule has 0 unspecified atom stereocenters. The van der Waals surface area contributed by atoms with Crippen LogP contribution in [-0.4, -0.2) is 18.9 Å². The molecule has 2 rings (SSSR count). The summed E-state index contributed by atoms with van der Waals surface area (Å²) in [5.74, 6) is 0. The van der Waals surface area contributed by atoms with Gasteiger partial charge in [0.1, 0.15) is 0 Å². The van der Waals surface area contributed by atoms with Gasteiger partial charge < -0.3 is 0 Å². The van der Waals surface area contributed by atoms with E-state index in [9.17, 15) is 21.6 Å². The van der Waals surface area contributed by atoms with Crippen molar-refractivity contribution >= 4 is 27.5 Å². The lowest BCUT2D eigenvalue weighted by Gasteiger charge is -2.13. The molecule has 0 amide bonds. The molecular formula is C12H9F3N2O2S2. The molecule has 0 atom stereocenters. The Morgan fingerprint density at radius 2 is 1.76 bits per heavy atom. The monoisotopic (exact) mass is 334 g/mol. The van der Waals surface area contributed by atoms with Crippen LogP contribution in [0.3, 0.4) is 0 Å². The van der Waals surface area contributed by atoms with E-state index in [0.29, 0.717) is 0 Å². The molecule has 4 nitrogen and oxygen atoms in total. The molecule has 0 spiro atoms. The Kier molecular flexibility index (Phi) is 4.43. The van der Waals surface area contributed by atoms with Crippen molar-refractivity contribution in [3.05, 3.63) is 48.8 Å². The second-order valence-electron chi connectivity index (χ2n) is 3.84. The molecule has 0 bridgehead atoms. The third-order valence-electron chi connectivity index (χ3n) is 2.30. The maximum atomic E-state index is 12.4. The number of rotatable bonds is 4. The first-order valence-electron chi connectivity index (χ1n) is 5.55. The van der Waals surface area contributed by atoms with Crippen LogP contribution >= 0.6 is 11.8 Å². The number of nitrogens with one attached hydrogen (secondary N) is 1. The zero-order valence-electron chi connectivity index (χ0n) is 10.3. The Balaban J connectivity index is 2.30. The molecule has 112 valence electrons. The van der Waals surface area contributed by atoms with Gasteiger partial charge in [0.2, 0.25) is 0 Å². The average molecular weight is 334 g/mol. The highest BCUT2D eigenvalue weighted by molar-refractivity contribution is 7.99. The van der Waals surface area contributed by atoms with Gasteiger partial charge in [0.05, 0.1) is 10.6 Å². The number of alkyl halides is 3. The van der Waals surface area contributed by atoms with Crippen LogP contribution in [-0.2, 0) is 10.0 Å². The van der Waals surface area contributed by atoms with Crippen molar-refractivity contribution < 1.29 is 21.6 Å². The van der Waals surface area contributed by atoms with Crippen LogP contribution < -0.4 is 4.72 Å². The molecule has 1 heterocycles. The summed E-state index contributed by atoms with van der Waals surface area (Å²) < 4.78 is 61.1. The SMILES string of the molecule is O=S(=O)(Nc1ccncc1Sc1ccccc1)C(F)(F)F. The number of hydrogen-bond acceptors (Lipinski definition) is 4. The van der Waals surface area contributed by atoms with E-state index in [1.165, 1.54) is 23.2 Å². The summed E-state index contributed by atoms with van der Waals surface area (Å²) in [6.45, 7) is 0. The van der Waals surface area contributed by atoms with Crippen LogP contribution in [0.25, 0.3) is 0 Å². The lowest BCUT2D eigenvalue weighted by atomic mass is 10.4. The Labute approximate surface area is 123 Å². The average Bonchev–Trinajstić information content (AvgIpc) is 2.40. The number of halogens is 3. The molecule has 0 aliphatic rings. The molecule has 2 aromatic rings. The zero-order chi connectivity index (χ0) is 15.5. The summed E-state index contributed by atoms with van der Waals surface area (Å²) in [5.41, 5.74) is -5.54. The van der Waals surface area contributed by atoms with Gasteiger partial charge in [-0.2, -0.15) is 21.6 Å². The lowest BCUT2D eigenvalue weighted by Crippen LogP contribution is -2.30. The number of aromatic nitrogens is 1. The van der Waals surface area contributed by atoms with Crippen molar-refractivity contribution in [1.29, 1.82) is 0 Å². The van der Waals surface area contributed by atoms with E-state index in [1.807, 2.05) is 0 Å². The predicted octanol–water partition coefficient (Wildman–Crippen LogP) is 3.49. The Bertz CT molecular complexity index is 719. The standard InChI is InChI=1S/C12H9F3N2O2S2/c13-12(14,15)21(18,19)17-10-6-7-16-8-11(10)20-9-4-2-1-3-5-9/h1-8H,(H,16,17). The maximum Gasteiger partial charge on any atom is 0.516 e. The number of anilines is 1. The summed E-state index contributed by atoms with van der Waals surface area (Å²) in [6, 6.07) is 9.99. The minimum absolute atomic E-state index is 0.170. The Morgan fingerprint density at radius 3 is 2.38 bits per heavy atom. The number of pyridine rings is 1. The van der Waals surface area contributed by atoms with Gasteiger partial charge in [-0.15, -0.1) is 0 Å². The Morgan fingerprint density at radius 1 is 1.10 bits per heavy atom. The number of benzene rings is 1. The maximum absolute atomic E-state index is 12.4. The summed E-state index contributed by atoms with van der Waals surface area (Å²) in [7, 11) is -5.46. The van der Waals surface area contributed by atoms with Crippen LogP contribution in [0.1, 0.15) is 0 Å². The van der Waals surface area contributed by atoms with Crippen molar-refractivity contribution in [3.63, 3.8) is 0 Å². The van der Waals surface area contributed by atoms with Gasteiger partial charge in [-0.3, -0.25) is 9.71 Å². The molecule has 0 saturated heterocycles. The minimum Gasteiger partial charge on any atom is -0.275 e. The van der Waals surface area contributed by atoms with E-state index in [1.54, 1.807) is 30.3 Å². The van der Waals surface area contributed by atoms with Gasteiger partial charge in [0.25, 0.3) is 0 Å². The molecule has 1 aromatic heterocycles. The summed E-state index contributed by atoms with van der Waals surface area (Å²) in [5, 5.41) is 0. The van der Waals surface area contributed by atoms with Crippen molar-refractivity contribution in [2.24, 2.45) is 0 Å². The normalized spacial score (nSPS) is 12.1. The van der Waals surface area contributed by atoms with Gasteiger partial charge in [0, 0.05) is 17.3 Å². The van der Waals surface area contributed by atoms with Gasteiger partial charge in [-0.25, -0.2) is 0 Å². The zero-order valence-corrected chi connectivity index (χ0v) is 12.0. The van der Waals surface area contributed by atoms with E-state index < -0.39 is 15.5 Å². The minimum atomic E-state index is -5.46. The highest BCUT2D eigenvalue weighted by Gasteiger charge is 2.46. The number of nitrogens with zero attached hydrogens (tertiary/aromatic N) is 1. The first kappa shape index (κ1) is 15.6. The van der Waals surface area contributed by atoms with Gasteiger partial charge >= 0.3 is 15.5 Å². The molecule has 1 aromatic carbocycles. The summed E-state index contributed by atoms with van der Waals surface area (Å²) in [4.78, 5) is 4.82. The molecule has 0 saturated carbocycles. The van der Waals surface area contributed by atoms with Crippen LogP contribution in [0, 0.1) is 0 Å². The van der Waals surface area contributed by atoms with E-state index in [4.69, 9.17) is 0 Å². The highest BCUT2D eigenvalue weighted by Crippen LogP contribution is 2.34. The van der Waals surface area contributed by atoms with Crippen LogP contribution in [0.5, 0.6) is 0 Å². The highest BCUT2D eigenvalue weighted by atomic mass is 32.2. The number of hydrogen-bond donors (Lipinski definition) is 1. The smallest absolute Gasteiger partial charge is 0.275 e. The third kappa shape index (κ3) is 3.88. The topological polar surface area (TPSA) is 59.1 Å². The van der Waals surface area contributed by atoms with Crippen molar-refractivity contribution in [1.82, 2.24) is 4.98 Å². The van der Waals surface area contributed by atoms with Crippen LogP contribution in [0.4, 0.5) is 18.9 Å². The lowest BCUT2D eigenvalue weighted by molar-refractivity contribution is -0.0429. The fourth-order valence-electron chi connectivity index (χ4n) is 1.36. The van der Waals surface area contributed by atoms with Crippen molar-refractivity contribution in [3.8, 4) is 0 Å². The van der Waals surface area contributed by atoms with Gasteiger partial charge in [-0.05, 0) is 18.2 Å². The van der Waals surface area contributed by atoms with Crippen LogP contribution in [0.15, 0.2) is 58.6 Å². The fraction of sp³-hybridized carbons (Fsp3) is 0.0833. The number of sulfonamides is 1. The van der Waals surface area contributed by atoms with E-state index in [0.717, 1.165) is 16.7 Å².